The summed E-state index contributed by atoms with van der Waals surface area (Å²) in [5.74, 6) is 5.05. The maximum atomic E-state index is 13.8. The lowest BCUT2D eigenvalue weighted by Gasteiger charge is -2.10. The maximum absolute atomic E-state index is 13.8. The molecule has 6 heteroatoms. The zero-order chi connectivity index (χ0) is 19.4. The largest absolute Gasteiger partial charge is 0.384 e. The van der Waals surface area contributed by atoms with E-state index in [0.717, 1.165) is 0 Å². The molecule has 3 N–H and O–H groups in total. The molecule has 27 heavy (non-hydrogen) atoms. The maximum Gasteiger partial charge on any atom is 0.268 e. The van der Waals surface area contributed by atoms with Crippen LogP contribution < -0.4 is 11.3 Å². The minimum atomic E-state index is -0.727. The lowest BCUT2D eigenvalue weighted by Crippen LogP contribution is -2.16. The molecule has 1 aromatic heterocycles. The Kier molecular flexibility index (Phi) is 4.71. The number of nitrogens with two attached hydrogens (primary N) is 1. The Morgan fingerprint density at radius 2 is 1.67 bits per heavy atom. The summed E-state index contributed by atoms with van der Waals surface area (Å²) in [7, 11) is 0. The van der Waals surface area contributed by atoms with Crippen LogP contribution >= 0.6 is 0 Å². The molecule has 3 rings (SSSR count). The van der Waals surface area contributed by atoms with Crippen LogP contribution in [-0.2, 0) is 0 Å². The van der Waals surface area contributed by atoms with Gasteiger partial charge in [0.05, 0.1) is 0 Å². The fourth-order valence-electron chi connectivity index (χ4n) is 2.61. The summed E-state index contributed by atoms with van der Waals surface area (Å²) in [6.45, 7) is 0. The Morgan fingerprint density at radius 3 is 2.33 bits per heavy atom. The topological polar surface area (TPSA) is 106 Å². The van der Waals surface area contributed by atoms with Gasteiger partial charge in [-0.05, 0) is 24.3 Å². The summed E-state index contributed by atoms with van der Waals surface area (Å²) in [6.07, 6.45) is 0. The van der Waals surface area contributed by atoms with E-state index in [1.807, 2.05) is 24.3 Å². The highest BCUT2D eigenvalue weighted by Gasteiger charge is 2.20. The lowest BCUT2D eigenvalue weighted by atomic mass is 9.93. The van der Waals surface area contributed by atoms with Gasteiger partial charge in [0.15, 0.2) is 0 Å². The number of aromatic amines is 1. The number of aromatic nitrogens is 1. The van der Waals surface area contributed by atoms with Crippen molar-refractivity contribution in [3.63, 3.8) is 0 Å². The molecule has 3 aromatic rings. The number of anilines is 1. The quantitative estimate of drug-likeness (QED) is 0.655. The van der Waals surface area contributed by atoms with Crippen molar-refractivity contribution in [1.29, 1.82) is 10.5 Å². The summed E-state index contributed by atoms with van der Waals surface area (Å²) < 4.78 is 13.8. The van der Waals surface area contributed by atoms with Gasteiger partial charge in [-0.15, -0.1) is 0 Å². The van der Waals surface area contributed by atoms with Crippen LogP contribution in [0.15, 0.2) is 53.3 Å². The number of pyridine rings is 1. The van der Waals surface area contributed by atoms with Crippen molar-refractivity contribution in [3.8, 4) is 35.1 Å². The normalized spacial score (nSPS) is 9.59. The van der Waals surface area contributed by atoms with Gasteiger partial charge in [0.2, 0.25) is 0 Å². The van der Waals surface area contributed by atoms with E-state index in [-0.39, 0.29) is 33.6 Å². The van der Waals surface area contributed by atoms with E-state index in [9.17, 15) is 19.7 Å². The molecule has 0 aliphatic heterocycles. The Morgan fingerprint density at radius 1 is 0.963 bits per heavy atom. The average molecular weight is 354 g/mol. The highest BCUT2D eigenvalue weighted by atomic mass is 19.1. The number of nitrogens with one attached hydrogen (secondary N) is 1. The summed E-state index contributed by atoms with van der Waals surface area (Å²) in [4.78, 5) is 14.4. The first kappa shape index (κ1) is 17.5. The molecule has 0 aliphatic rings. The van der Waals surface area contributed by atoms with Crippen LogP contribution in [0.1, 0.15) is 22.3 Å². The van der Waals surface area contributed by atoms with Gasteiger partial charge in [0, 0.05) is 22.3 Å². The third-order valence-electron chi connectivity index (χ3n) is 3.83. The second-order valence-electron chi connectivity index (χ2n) is 5.52. The predicted molar refractivity (Wildman–Crippen MR) is 98.7 cm³/mol. The Labute approximate surface area is 154 Å². The van der Waals surface area contributed by atoms with Gasteiger partial charge >= 0.3 is 0 Å². The number of nitriles is 2. The molecular formula is C21H11FN4O. The second-order valence-corrected chi connectivity index (χ2v) is 5.52. The Hall–Kier alpha value is -4.34. The molecule has 1 heterocycles. The molecule has 0 spiro atoms. The van der Waals surface area contributed by atoms with Crippen molar-refractivity contribution in [2.45, 2.75) is 0 Å². The molecular weight excluding hydrogens is 343 g/mol. The lowest BCUT2D eigenvalue weighted by molar-refractivity contribution is 0.627. The number of hydrogen-bond donors (Lipinski definition) is 2. The zero-order valence-corrected chi connectivity index (χ0v) is 13.9. The van der Waals surface area contributed by atoms with Crippen LogP contribution in [0.3, 0.4) is 0 Å². The predicted octanol–water partition coefficient (Wildman–Crippen LogP) is 2.91. The molecule has 0 unspecified atom stereocenters. The molecule has 2 aromatic carbocycles. The van der Waals surface area contributed by atoms with Crippen molar-refractivity contribution in [2.24, 2.45) is 0 Å². The first-order valence-corrected chi connectivity index (χ1v) is 7.78. The molecule has 5 nitrogen and oxygen atoms in total. The smallest absolute Gasteiger partial charge is 0.268 e. The monoisotopic (exact) mass is 354 g/mol. The van der Waals surface area contributed by atoms with E-state index in [1.54, 1.807) is 18.2 Å². The van der Waals surface area contributed by atoms with Crippen molar-refractivity contribution in [1.82, 2.24) is 4.98 Å². The zero-order valence-electron chi connectivity index (χ0n) is 13.9. The molecule has 128 valence electrons. The van der Waals surface area contributed by atoms with Crippen LogP contribution in [-0.4, -0.2) is 4.98 Å². The first-order valence-electron chi connectivity index (χ1n) is 7.78. The van der Waals surface area contributed by atoms with E-state index >= 15 is 0 Å². The van der Waals surface area contributed by atoms with Crippen molar-refractivity contribution >= 4 is 5.82 Å². The van der Waals surface area contributed by atoms with E-state index < -0.39 is 11.4 Å². The number of nitrogen functional groups attached to an aromatic ring is 1. The van der Waals surface area contributed by atoms with Gasteiger partial charge in [-0.3, -0.25) is 4.79 Å². The second kappa shape index (κ2) is 7.27. The average Bonchev–Trinajstić information content (AvgIpc) is 2.67. The fourth-order valence-corrected chi connectivity index (χ4v) is 2.61. The third kappa shape index (κ3) is 3.39. The first-order chi connectivity index (χ1) is 13.0. The Bertz CT molecular complexity index is 1240. The highest BCUT2D eigenvalue weighted by Crippen LogP contribution is 2.31. The minimum absolute atomic E-state index is 0.0404. The highest BCUT2D eigenvalue weighted by molar-refractivity contribution is 5.83. The number of H-pyrrole nitrogens is 1. The molecule has 0 radical (unpaired) electrons. The number of nitrogens with zero attached hydrogens (tertiary/aromatic N) is 2. The van der Waals surface area contributed by atoms with Crippen LogP contribution in [0.5, 0.6) is 0 Å². The van der Waals surface area contributed by atoms with Gasteiger partial charge in [-0.2, -0.15) is 10.5 Å². The van der Waals surface area contributed by atoms with Gasteiger partial charge in [0.25, 0.3) is 5.56 Å². The van der Waals surface area contributed by atoms with Crippen LogP contribution in [0, 0.1) is 40.3 Å². The number of hydrogen-bond acceptors (Lipinski definition) is 4. The number of rotatable bonds is 1. The molecule has 0 aliphatic carbocycles. The standard InChI is InChI=1S/C21H11FN4O/c22-15-8-9-16(14(10-15)7-6-13-4-2-1-3-5-13)19-17(11-23)20(25)26-21(27)18(19)12-24/h1-5,8-10H,(H3,25,26,27). The van der Waals surface area contributed by atoms with Gasteiger partial charge in [0.1, 0.15) is 34.9 Å². The number of benzene rings is 2. The molecule has 0 saturated heterocycles. The van der Waals surface area contributed by atoms with E-state index in [1.165, 1.54) is 18.2 Å². The minimum Gasteiger partial charge on any atom is -0.384 e. The molecule has 0 saturated carbocycles. The summed E-state index contributed by atoms with van der Waals surface area (Å²) in [5.41, 5.74) is 5.93. The van der Waals surface area contributed by atoms with Crippen molar-refractivity contribution in [3.05, 3.63) is 87.0 Å². The molecule has 0 atom stereocenters. The van der Waals surface area contributed by atoms with Crippen LogP contribution in [0.4, 0.5) is 10.2 Å². The third-order valence-corrected chi connectivity index (χ3v) is 3.83. The van der Waals surface area contributed by atoms with E-state index in [0.29, 0.717) is 5.56 Å². The van der Waals surface area contributed by atoms with Crippen LogP contribution in [0.2, 0.25) is 0 Å². The van der Waals surface area contributed by atoms with Crippen molar-refractivity contribution < 1.29 is 4.39 Å². The molecule has 0 amide bonds. The van der Waals surface area contributed by atoms with E-state index in [4.69, 9.17) is 5.73 Å². The Balaban J connectivity index is 2.33. The fraction of sp³-hybridized carbons (Fsp3) is 0. The van der Waals surface area contributed by atoms with Gasteiger partial charge in [-0.1, -0.05) is 36.1 Å². The summed E-state index contributed by atoms with van der Waals surface area (Å²) in [5, 5.41) is 18.8. The van der Waals surface area contributed by atoms with E-state index in [2.05, 4.69) is 16.8 Å². The number of halogens is 1. The van der Waals surface area contributed by atoms with Crippen LogP contribution in [0.25, 0.3) is 11.1 Å². The summed E-state index contributed by atoms with van der Waals surface area (Å²) in [6, 6.07) is 16.5. The molecule has 0 fully saturated rings. The van der Waals surface area contributed by atoms with Crippen molar-refractivity contribution in [2.75, 3.05) is 5.73 Å². The summed E-state index contributed by atoms with van der Waals surface area (Å²) >= 11 is 0. The molecule has 0 bridgehead atoms. The van der Waals surface area contributed by atoms with Gasteiger partial charge < -0.3 is 10.7 Å². The SMILES string of the molecule is N#Cc1c(N)[nH]c(=O)c(C#N)c1-c1ccc(F)cc1C#Cc1ccccc1. The van der Waals surface area contributed by atoms with Gasteiger partial charge in [-0.25, -0.2) is 4.39 Å².